The summed E-state index contributed by atoms with van der Waals surface area (Å²) < 4.78 is 24.5. The van der Waals surface area contributed by atoms with Crippen LogP contribution in [0.5, 0.6) is 0 Å². The smallest absolute Gasteiger partial charge is 0.307 e. The summed E-state index contributed by atoms with van der Waals surface area (Å²) in [6.07, 6.45) is 0.197. The zero-order valence-electron chi connectivity index (χ0n) is 11.3. The van der Waals surface area contributed by atoms with E-state index in [-0.39, 0.29) is 11.3 Å². The number of carboxylic acids is 1. The molecule has 0 aromatic heterocycles. The van der Waals surface area contributed by atoms with Crippen LogP contribution in [0, 0.1) is 5.92 Å². The van der Waals surface area contributed by atoms with Crippen LogP contribution in [0.4, 0.5) is 0 Å². The molecular weight excluding hydrogens is 288 g/mol. The average molecular weight is 304 g/mol. The second kappa shape index (κ2) is 6.54. The van der Waals surface area contributed by atoms with E-state index in [0.29, 0.717) is 0 Å². The standard InChI is InChI=1S/C16H16O4S/c17-16(18)14(11-13-7-3-1-4-8-13)12-21(19,20)15-9-5-2-6-10-15/h1-10,14H,11-12H2,(H,17,18). The molecular formula is C16H16O4S. The van der Waals surface area contributed by atoms with Gasteiger partial charge in [-0.05, 0) is 24.1 Å². The minimum Gasteiger partial charge on any atom is -0.481 e. The fourth-order valence-electron chi connectivity index (χ4n) is 2.11. The van der Waals surface area contributed by atoms with Gasteiger partial charge in [-0.3, -0.25) is 4.79 Å². The number of carboxylic acid groups (broad SMARTS) is 1. The molecule has 0 bridgehead atoms. The van der Waals surface area contributed by atoms with E-state index in [1.807, 2.05) is 6.07 Å². The van der Waals surface area contributed by atoms with Crippen molar-refractivity contribution < 1.29 is 18.3 Å². The number of rotatable bonds is 6. The molecule has 110 valence electrons. The molecule has 0 saturated carbocycles. The summed E-state index contributed by atoms with van der Waals surface area (Å²) in [5.74, 6) is -2.46. The van der Waals surface area contributed by atoms with Crippen molar-refractivity contribution in [3.05, 3.63) is 66.2 Å². The molecule has 0 spiro atoms. The summed E-state index contributed by atoms with van der Waals surface area (Å²) in [7, 11) is -3.61. The van der Waals surface area contributed by atoms with Gasteiger partial charge in [0.2, 0.25) is 0 Å². The molecule has 0 fully saturated rings. The van der Waals surface area contributed by atoms with E-state index >= 15 is 0 Å². The van der Waals surface area contributed by atoms with E-state index < -0.39 is 27.5 Å². The molecule has 0 aliphatic carbocycles. The van der Waals surface area contributed by atoms with E-state index in [2.05, 4.69) is 0 Å². The van der Waals surface area contributed by atoms with Gasteiger partial charge < -0.3 is 5.11 Å². The van der Waals surface area contributed by atoms with Gasteiger partial charge in [0, 0.05) is 0 Å². The molecule has 4 nitrogen and oxygen atoms in total. The van der Waals surface area contributed by atoms with Gasteiger partial charge in [-0.1, -0.05) is 48.5 Å². The highest BCUT2D eigenvalue weighted by Crippen LogP contribution is 2.17. The third kappa shape index (κ3) is 4.16. The first-order chi connectivity index (χ1) is 9.99. The Morgan fingerprint density at radius 2 is 1.48 bits per heavy atom. The van der Waals surface area contributed by atoms with Gasteiger partial charge in [-0.25, -0.2) is 8.42 Å². The van der Waals surface area contributed by atoms with E-state index in [9.17, 15) is 18.3 Å². The maximum Gasteiger partial charge on any atom is 0.307 e. The van der Waals surface area contributed by atoms with E-state index in [4.69, 9.17) is 0 Å². The fourth-order valence-corrected chi connectivity index (χ4v) is 3.66. The van der Waals surface area contributed by atoms with E-state index in [1.54, 1.807) is 42.5 Å². The summed E-state index contributed by atoms with van der Waals surface area (Å²) in [4.78, 5) is 11.5. The molecule has 0 aliphatic rings. The minimum absolute atomic E-state index is 0.157. The number of sulfone groups is 1. The maximum absolute atomic E-state index is 12.3. The van der Waals surface area contributed by atoms with Crippen molar-refractivity contribution in [3.63, 3.8) is 0 Å². The Balaban J connectivity index is 2.19. The number of benzene rings is 2. The van der Waals surface area contributed by atoms with Crippen molar-refractivity contribution in [2.75, 3.05) is 5.75 Å². The first kappa shape index (κ1) is 15.3. The van der Waals surface area contributed by atoms with Crippen LogP contribution >= 0.6 is 0 Å². The number of aliphatic carboxylic acids is 1. The monoisotopic (exact) mass is 304 g/mol. The Bertz CT molecular complexity index is 694. The van der Waals surface area contributed by atoms with Crippen molar-refractivity contribution >= 4 is 15.8 Å². The molecule has 2 rings (SSSR count). The first-order valence-electron chi connectivity index (χ1n) is 6.53. The van der Waals surface area contributed by atoms with Crippen molar-refractivity contribution in [2.24, 2.45) is 5.92 Å². The first-order valence-corrected chi connectivity index (χ1v) is 8.19. The van der Waals surface area contributed by atoms with Gasteiger partial charge >= 0.3 is 5.97 Å². The lowest BCUT2D eigenvalue weighted by molar-refractivity contribution is -0.140. The summed E-state index contributed by atoms with van der Waals surface area (Å²) in [5, 5.41) is 9.28. The topological polar surface area (TPSA) is 71.4 Å². The van der Waals surface area contributed by atoms with Crippen LogP contribution in [0.3, 0.4) is 0 Å². The summed E-state index contributed by atoms with van der Waals surface area (Å²) in [6, 6.07) is 17.0. The van der Waals surface area contributed by atoms with Crippen molar-refractivity contribution in [1.29, 1.82) is 0 Å². The van der Waals surface area contributed by atoms with Gasteiger partial charge in [0.1, 0.15) is 0 Å². The van der Waals surface area contributed by atoms with E-state index in [0.717, 1.165) is 5.56 Å². The second-order valence-corrected chi connectivity index (χ2v) is 6.85. The summed E-state index contributed by atoms with van der Waals surface area (Å²) in [6.45, 7) is 0. The number of hydrogen-bond acceptors (Lipinski definition) is 3. The van der Waals surface area contributed by atoms with Crippen LogP contribution in [0.25, 0.3) is 0 Å². The average Bonchev–Trinajstić information content (AvgIpc) is 2.48. The zero-order valence-corrected chi connectivity index (χ0v) is 12.2. The lowest BCUT2D eigenvalue weighted by Crippen LogP contribution is -2.25. The van der Waals surface area contributed by atoms with Crippen molar-refractivity contribution in [1.82, 2.24) is 0 Å². The van der Waals surface area contributed by atoms with Gasteiger partial charge in [0.15, 0.2) is 9.84 Å². The maximum atomic E-state index is 12.3. The van der Waals surface area contributed by atoms with Crippen molar-refractivity contribution in [2.45, 2.75) is 11.3 Å². The van der Waals surface area contributed by atoms with Crippen LogP contribution < -0.4 is 0 Å². The fraction of sp³-hybridized carbons (Fsp3) is 0.188. The molecule has 1 atom stereocenters. The van der Waals surface area contributed by atoms with Gasteiger partial charge in [-0.2, -0.15) is 0 Å². The molecule has 0 saturated heterocycles. The van der Waals surface area contributed by atoms with Crippen LogP contribution in [0.2, 0.25) is 0 Å². The molecule has 0 heterocycles. The van der Waals surface area contributed by atoms with Gasteiger partial charge in [-0.15, -0.1) is 0 Å². The predicted octanol–water partition coefficient (Wildman–Crippen LogP) is 2.40. The SMILES string of the molecule is O=C(O)C(Cc1ccccc1)CS(=O)(=O)c1ccccc1. The highest BCUT2D eigenvalue weighted by Gasteiger charge is 2.26. The normalized spacial score (nSPS) is 12.8. The highest BCUT2D eigenvalue weighted by atomic mass is 32.2. The summed E-state index contributed by atoms with van der Waals surface area (Å²) >= 11 is 0. The number of carbonyl (C=O) groups is 1. The van der Waals surface area contributed by atoms with Crippen LogP contribution in [-0.4, -0.2) is 25.2 Å². The van der Waals surface area contributed by atoms with Gasteiger partial charge in [0.05, 0.1) is 16.6 Å². The molecule has 0 aliphatic heterocycles. The molecule has 2 aromatic carbocycles. The molecule has 1 unspecified atom stereocenters. The molecule has 0 amide bonds. The third-order valence-electron chi connectivity index (χ3n) is 3.20. The summed E-state index contributed by atoms with van der Waals surface area (Å²) in [5.41, 5.74) is 0.813. The molecule has 21 heavy (non-hydrogen) atoms. The predicted molar refractivity (Wildman–Crippen MR) is 79.8 cm³/mol. The Morgan fingerprint density at radius 1 is 0.952 bits per heavy atom. The minimum atomic E-state index is -3.61. The Kier molecular flexibility index (Phi) is 4.75. The van der Waals surface area contributed by atoms with Crippen LogP contribution in [0.1, 0.15) is 5.56 Å². The zero-order chi connectivity index (χ0) is 15.3. The molecule has 5 heteroatoms. The largest absolute Gasteiger partial charge is 0.481 e. The Hall–Kier alpha value is -2.14. The Morgan fingerprint density at radius 3 is 2.00 bits per heavy atom. The van der Waals surface area contributed by atoms with E-state index in [1.165, 1.54) is 12.1 Å². The lowest BCUT2D eigenvalue weighted by Gasteiger charge is -2.13. The highest BCUT2D eigenvalue weighted by molar-refractivity contribution is 7.91. The second-order valence-electron chi connectivity index (χ2n) is 4.82. The quantitative estimate of drug-likeness (QED) is 0.889. The van der Waals surface area contributed by atoms with Gasteiger partial charge in [0.25, 0.3) is 0 Å². The molecule has 0 radical (unpaired) electrons. The number of hydrogen-bond donors (Lipinski definition) is 1. The van der Waals surface area contributed by atoms with Crippen LogP contribution in [-0.2, 0) is 21.1 Å². The molecule has 2 aromatic rings. The van der Waals surface area contributed by atoms with Crippen LogP contribution in [0.15, 0.2) is 65.6 Å². The molecule has 1 N–H and O–H groups in total. The van der Waals surface area contributed by atoms with Crippen molar-refractivity contribution in [3.8, 4) is 0 Å². The lowest BCUT2D eigenvalue weighted by atomic mass is 10.0. The Labute approximate surface area is 124 Å². The third-order valence-corrected chi connectivity index (χ3v) is 5.03.